The Hall–Kier alpha value is -0.850. The Balaban J connectivity index is 2.24. The molecule has 0 bridgehead atoms. The highest BCUT2D eigenvalue weighted by molar-refractivity contribution is 7.12. The van der Waals surface area contributed by atoms with Crippen LogP contribution in [0.1, 0.15) is 55.3 Å². The molecular weight excluding hydrogens is 216 g/mol. The molecule has 0 saturated carbocycles. The van der Waals surface area contributed by atoms with E-state index in [4.69, 9.17) is 5.26 Å². The monoisotopic (exact) mass is 236 g/mol. The van der Waals surface area contributed by atoms with Crippen molar-refractivity contribution in [2.24, 2.45) is 0 Å². The summed E-state index contributed by atoms with van der Waals surface area (Å²) in [6.45, 7) is 5.46. The summed E-state index contributed by atoms with van der Waals surface area (Å²) in [6.07, 6.45) is 5.17. The third-order valence-corrected chi connectivity index (χ3v) is 3.82. The lowest BCUT2D eigenvalue weighted by Gasteiger charge is -2.11. The van der Waals surface area contributed by atoms with E-state index in [1.807, 2.05) is 12.1 Å². The molecule has 0 radical (unpaired) electrons. The highest BCUT2D eigenvalue weighted by Gasteiger charge is 2.07. The molecule has 16 heavy (non-hydrogen) atoms. The third-order valence-electron chi connectivity index (χ3n) is 2.64. The lowest BCUT2D eigenvalue weighted by atomic mass is 10.2. The van der Waals surface area contributed by atoms with E-state index in [1.54, 1.807) is 11.3 Å². The highest BCUT2D eigenvalue weighted by atomic mass is 32.1. The predicted molar refractivity (Wildman–Crippen MR) is 69.6 cm³/mol. The van der Waals surface area contributed by atoms with Crippen LogP contribution in [0.5, 0.6) is 0 Å². The normalized spacial score (nSPS) is 12.3. The summed E-state index contributed by atoms with van der Waals surface area (Å²) in [4.78, 5) is 2.06. The van der Waals surface area contributed by atoms with Crippen molar-refractivity contribution in [2.45, 2.75) is 45.6 Å². The first-order valence-electron chi connectivity index (χ1n) is 6.01. The van der Waals surface area contributed by atoms with Crippen molar-refractivity contribution in [1.29, 1.82) is 5.26 Å². The van der Waals surface area contributed by atoms with Crippen LogP contribution >= 0.6 is 11.3 Å². The second kappa shape index (κ2) is 7.43. The number of nitriles is 1. The van der Waals surface area contributed by atoms with Crippen molar-refractivity contribution < 1.29 is 0 Å². The standard InChI is InChI=1S/C13H20N2S/c1-3-4-5-6-9-15-11(2)13-8-7-12(10-14)16-13/h7-8,11,15H,3-6,9H2,1-2H3. The van der Waals surface area contributed by atoms with Crippen LogP contribution in [0.15, 0.2) is 12.1 Å². The first-order valence-corrected chi connectivity index (χ1v) is 6.82. The number of rotatable bonds is 7. The fourth-order valence-electron chi connectivity index (χ4n) is 1.62. The van der Waals surface area contributed by atoms with Gasteiger partial charge >= 0.3 is 0 Å². The van der Waals surface area contributed by atoms with Crippen LogP contribution in [0.2, 0.25) is 0 Å². The van der Waals surface area contributed by atoms with E-state index in [0.717, 1.165) is 11.4 Å². The van der Waals surface area contributed by atoms with Crippen molar-refractivity contribution in [3.8, 4) is 6.07 Å². The van der Waals surface area contributed by atoms with Crippen LogP contribution < -0.4 is 5.32 Å². The van der Waals surface area contributed by atoms with Gasteiger partial charge in [0.2, 0.25) is 0 Å². The highest BCUT2D eigenvalue weighted by Crippen LogP contribution is 2.22. The molecule has 0 spiro atoms. The molecule has 1 N–H and O–H groups in total. The quantitative estimate of drug-likeness (QED) is 0.730. The van der Waals surface area contributed by atoms with Crippen LogP contribution in [-0.4, -0.2) is 6.54 Å². The molecule has 0 amide bonds. The summed E-state index contributed by atoms with van der Waals surface area (Å²) in [5.41, 5.74) is 0. The maximum Gasteiger partial charge on any atom is 0.110 e. The molecule has 3 heteroatoms. The number of hydrogen-bond acceptors (Lipinski definition) is 3. The van der Waals surface area contributed by atoms with Crippen molar-refractivity contribution in [1.82, 2.24) is 5.32 Å². The van der Waals surface area contributed by atoms with Gasteiger partial charge in [0, 0.05) is 10.9 Å². The Labute approximate surface area is 102 Å². The van der Waals surface area contributed by atoms with Gasteiger partial charge < -0.3 is 5.32 Å². The van der Waals surface area contributed by atoms with Gasteiger partial charge in [-0.05, 0) is 32.0 Å². The molecule has 0 aromatic carbocycles. The smallest absolute Gasteiger partial charge is 0.110 e. The largest absolute Gasteiger partial charge is 0.309 e. The van der Waals surface area contributed by atoms with Gasteiger partial charge in [0.05, 0.1) is 0 Å². The van der Waals surface area contributed by atoms with Gasteiger partial charge in [-0.2, -0.15) is 5.26 Å². The summed E-state index contributed by atoms with van der Waals surface area (Å²) < 4.78 is 0. The van der Waals surface area contributed by atoms with Gasteiger partial charge in [-0.15, -0.1) is 11.3 Å². The summed E-state index contributed by atoms with van der Waals surface area (Å²) in [5.74, 6) is 0. The Morgan fingerprint density at radius 3 is 2.81 bits per heavy atom. The van der Waals surface area contributed by atoms with Gasteiger partial charge in [-0.3, -0.25) is 0 Å². The molecule has 2 nitrogen and oxygen atoms in total. The maximum absolute atomic E-state index is 8.75. The molecule has 1 heterocycles. The molecular formula is C13H20N2S. The first-order chi connectivity index (χ1) is 7.77. The van der Waals surface area contributed by atoms with Gasteiger partial charge in [0.1, 0.15) is 10.9 Å². The Kier molecular flexibility index (Phi) is 6.14. The van der Waals surface area contributed by atoms with E-state index < -0.39 is 0 Å². The van der Waals surface area contributed by atoms with Gasteiger partial charge in [0.15, 0.2) is 0 Å². The molecule has 1 unspecified atom stereocenters. The van der Waals surface area contributed by atoms with Gasteiger partial charge in [-0.25, -0.2) is 0 Å². The van der Waals surface area contributed by atoms with E-state index in [9.17, 15) is 0 Å². The molecule has 0 saturated heterocycles. The zero-order valence-corrected chi connectivity index (χ0v) is 10.9. The Morgan fingerprint density at radius 1 is 1.38 bits per heavy atom. The summed E-state index contributed by atoms with van der Waals surface area (Å²) in [6, 6.07) is 6.49. The predicted octanol–water partition coefficient (Wildman–Crippen LogP) is 3.85. The molecule has 0 aliphatic carbocycles. The maximum atomic E-state index is 8.75. The molecule has 0 fully saturated rings. The molecule has 1 aromatic rings. The molecule has 1 atom stereocenters. The summed E-state index contributed by atoms with van der Waals surface area (Å²) >= 11 is 1.59. The molecule has 1 rings (SSSR count). The molecule has 0 aliphatic rings. The number of thiophene rings is 1. The number of unbranched alkanes of at least 4 members (excludes halogenated alkanes) is 3. The van der Waals surface area contributed by atoms with E-state index in [0.29, 0.717) is 6.04 Å². The van der Waals surface area contributed by atoms with Crippen molar-refractivity contribution in [3.05, 3.63) is 21.9 Å². The summed E-state index contributed by atoms with van der Waals surface area (Å²) in [5, 5.41) is 12.2. The van der Waals surface area contributed by atoms with Crippen LogP contribution in [0.4, 0.5) is 0 Å². The Bertz CT molecular complexity index is 338. The van der Waals surface area contributed by atoms with E-state index in [2.05, 4.69) is 25.2 Å². The van der Waals surface area contributed by atoms with Crippen LogP contribution in [-0.2, 0) is 0 Å². The fourth-order valence-corrected chi connectivity index (χ4v) is 2.45. The minimum absolute atomic E-state index is 0.369. The second-order valence-electron chi connectivity index (χ2n) is 4.05. The lowest BCUT2D eigenvalue weighted by molar-refractivity contribution is 0.542. The molecule has 88 valence electrons. The lowest BCUT2D eigenvalue weighted by Crippen LogP contribution is -2.18. The second-order valence-corrected chi connectivity index (χ2v) is 5.17. The first kappa shape index (κ1) is 13.2. The fraction of sp³-hybridized carbons (Fsp3) is 0.615. The average Bonchev–Trinajstić information content (AvgIpc) is 2.77. The average molecular weight is 236 g/mol. The zero-order chi connectivity index (χ0) is 11.8. The van der Waals surface area contributed by atoms with Crippen molar-refractivity contribution in [2.75, 3.05) is 6.54 Å². The number of nitrogens with zero attached hydrogens (tertiary/aromatic N) is 1. The van der Waals surface area contributed by atoms with Crippen LogP contribution in [0.25, 0.3) is 0 Å². The number of hydrogen-bond donors (Lipinski definition) is 1. The minimum atomic E-state index is 0.369. The minimum Gasteiger partial charge on any atom is -0.309 e. The third kappa shape index (κ3) is 4.34. The van der Waals surface area contributed by atoms with Crippen molar-refractivity contribution in [3.63, 3.8) is 0 Å². The molecule has 0 aliphatic heterocycles. The summed E-state index contributed by atoms with van der Waals surface area (Å²) in [7, 11) is 0. The topological polar surface area (TPSA) is 35.8 Å². The molecule has 1 aromatic heterocycles. The zero-order valence-electron chi connectivity index (χ0n) is 10.1. The van der Waals surface area contributed by atoms with Crippen LogP contribution in [0, 0.1) is 11.3 Å². The van der Waals surface area contributed by atoms with E-state index in [-0.39, 0.29) is 0 Å². The van der Waals surface area contributed by atoms with E-state index in [1.165, 1.54) is 30.6 Å². The van der Waals surface area contributed by atoms with Crippen molar-refractivity contribution >= 4 is 11.3 Å². The SMILES string of the molecule is CCCCCCNC(C)c1ccc(C#N)s1. The van der Waals surface area contributed by atoms with E-state index >= 15 is 0 Å². The number of nitrogens with one attached hydrogen (secondary N) is 1. The van der Waals surface area contributed by atoms with Gasteiger partial charge in [-0.1, -0.05) is 26.2 Å². The Morgan fingerprint density at radius 2 is 2.19 bits per heavy atom. The van der Waals surface area contributed by atoms with Crippen LogP contribution in [0.3, 0.4) is 0 Å². The van der Waals surface area contributed by atoms with Gasteiger partial charge in [0.25, 0.3) is 0 Å².